The molecule has 2 fully saturated rings. The molecule has 0 aromatic carbocycles. The number of urea groups is 1. The van der Waals surface area contributed by atoms with E-state index >= 15 is 0 Å². The van der Waals surface area contributed by atoms with Crippen molar-refractivity contribution in [1.82, 2.24) is 20.4 Å². The first-order valence-corrected chi connectivity index (χ1v) is 10.6. The molecule has 27 heavy (non-hydrogen) atoms. The molecule has 0 spiro atoms. The van der Waals surface area contributed by atoms with Crippen LogP contribution in [0.25, 0.3) is 0 Å². The second-order valence-corrected chi connectivity index (χ2v) is 8.77. The fourth-order valence-electron chi connectivity index (χ4n) is 4.07. The van der Waals surface area contributed by atoms with Gasteiger partial charge in [0.25, 0.3) is 0 Å². The molecule has 7 heteroatoms. The minimum Gasteiger partial charge on any atom is -0.480 e. The van der Waals surface area contributed by atoms with Crippen LogP contribution in [0.2, 0.25) is 0 Å². The summed E-state index contributed by atoms with van der Waals surface area (Å²) in [5, 5.41) is 15.1. The van der Waals surface area contributed by atoms with Gasteiger partial charge >= 0.3 is 12.0 Å². The lowest BCUT2D eigenvalue weighted by atomic mass is 9.85. The molecule has 0 atom stereocenters. The minimum absolute atomic E-state index is 0.0730. The number of amides is 2. The van der Waals surface area contributed by atoms with Gasteiger partial charge < -0.3 is 20.6 Å². The molecule has 2 rings (SSSR count). The first kappa shape index (κ1) is 22.0. The standard InChI is InChI=1S/C20H38N4O3/c1-4-24(15-18(25)26)17-13-16(14-17)21-19(27)22-20(2,3)9-12-23-10-7-5-6-8-11-23/h16-17H,4-15H2,1-3H3,(H,25,26)(H2,21,22,27). The topological polar surface area (TPSA) is 84.9 Å². The van der Waals surface area contributed by atoms with Crippen LogP contribution < -0.4 is 10.6 Å². The third-order valence-electron chi connectivity index (χ3n) is 5.91. The van der Waals surface area contributed by atoms with Crippen LogP contribution >= 0.6 is 0 Å². The second kappa shape index (κ2) is 10.3. The molecule has 156 valence electrons. The van der Waals surface area contributed by atoms with Crippen LogP contribution in [0, 0.1) is 0 Å². The van der Waals surface area contributed by atoms with E-state index in [4.69, 9.17) is 5.11 Å². The highest BCUT2D eigenvalue weighted by Gasteiger charge is 2.35. The SMILES string of the molecule is CCN(CC(=O)O)C1CC(NC(=O)NC(C)(C)CCN2CCCCCC2)C1. The van der Waals surface area contributed by atoms with E-state index in [-0.39, 0.29) is 30.2 Å². The number of carboxylic acid groups (broad SMARTS) is 1. The molecule has 1 saturated carbocycles. The average molecular weight is 383 g/mol. The van der Waals surface area contributed by atoms with Crippen molar-refractivity contribution >= 4 is 12.0 Å². The van der Waals surface area contributed by atoms with Crippen LogP contribution in [0.1, 0.15) is 65.7 Å². The first-order chi connectivity index (χ1) is 12.8. The van der Waals surface area contributed by atoms with Gasteiger partial charge in [0.2, 0.25) is 0 Å². The van der Waals surface area contributed by atoms with Crippen molar-refractivity contribution in [3.63, 3.8) is 0 Å². The summed E-state index contributed by atoms with van der Waals surface area (Å²) in [6.45, 7) is 10.3. The number of rotatable bonds is 9. The molecule has 1 heterocycles. The number of carbonyl (C=O) groups is 2. The van der Waals surface area contributed by atoms with E-state index in [1.807, 2.05) is 11.8 Å². The summed E-state index contributed by atoms with van der Waals surface area (Å²) in [7, 11) is 0. The predicted molar refractivity (Wildman–Crippen MR) is 107 cm³/mol. The van der Waals surface area contributed by atoms with Gasteiger partial charge in [0.15, 0.2) is 0 Å². The number of aliphatic carboxylic acids is 1. The zero-order valence-electron chi connectivity index (χ0n) is 17.3. The van der Waals surface area contributed by atoms with Crippen LogP contribution in [0.4, 0.5) is 4.79 Å². The Kier molecular flexibility index (Phi) is 8.35. The summed E-state index contributed by atoms with van der Waals surface area (Å²) in [4.78, 5) is 27.7. The van der Waals surface area contributed by atoms with Crippen molar-refractivity contribution < 1.29 is 14.7 Å². The monoisotopic (exact) mass is 382 g/mol. The number of hydrogen-bond acceptors (Lipinski definition) is 4. The largest absolute Gasteiger partial charge is 0.480 e. The van der Waals surface area contributed by atoms with Gasteiger partial charge in [0.1, 0.15) is 0 Å². The van der Waals surface area contributed by atoms with E-state index in [9.17, 15) is 9.59 Å². The Morgan fingerprint density at radius 1 is 1.15 bits per heavy atom. The van der Waals surface area contributed by atoms with E-state index in [2.05, 4.69) is 29.4 Å². The molecule has 7 nitrogen and oxygen atoms in total. The molecule has 1 aliphatic carbocycles. The molecule has 1 aliphatic heterocycles. The van der Waals surface area contributed by atoms with E-state index in [1.165, 1.54) is 38.8 Å². The summed E-state index contributed by atoms with van der Waals surface area (Å²) in [6, 6.07) is 0.285. The molecular weight excluding hydrogens is 344 g/mol. The molecule has 2 amide bonds. The maximum absolute atomic E-state index is 12.3. The van der Waals surface area contributed by atoms with Gasteiger partial charge in [-0.3, -0.25) is 9.69 Å². The number of nitrogens with zero attached hydrogens (tertiary/aromatic N) is 2. The maximum atomic E-state index is 12.3. The Balaban J connectivity index is 1.66. The fourth-order valence-corrected chi connectivity index (χ4v) is 4.07. The molecule has 0 aromatic rings. The van der Waals surface area contributed by atoms with E-state index in [0.29, 0.717) is 0 Å². The summed E-state index contributed by atoms with van der Waals surface area (Å²) in [5.41, 5.74) is -0.238. The Morgan fingerprint density at radius 3 is 2.33 bits per heavy atom. The van der Waals surface area contributed by atoms with Crippen molar-refractivity contribution in [2.75, 3.05) is 32.7 Å². The van der Waals surface area contributed by atoms with Crippen molar-refractivity contribution in [2.24, 2.45) is 0 Å². The highest BCUT2D eigenvalue weighted by molar-refractivity contribution is 5.75. The lowest BCUT2D eigenvalue weighted by molar-refractivity contribution is -0.139. The van der Waals surface area contributed by atoms with Gasteiger partial charge in [-0.1, -0.05) is 19.8 Å². The highest BCUT2D eigenvalue weighted by Crippen LogP contribution is 2.25. The van der Waals surface area contributed by atoms with E-state index in [1.54, 1.807) is 0 Å². The summed E-state index contributed by atoms with van der Waals surface area (Å²) < 4.78 is 0. The Labute approximate surface area is 163 Å². The normalized spacial score (nSPS) is 24.1. The minimum atomic E-state index is -0.794. The number of hydrogen-bond donors (Lipinski definition) is 3. The Hall–Kier alpha value is -1.34. The molecule has 3 N–H and O–H groups in total. The van der Waals surface area contributed by atoms with Gasteiger partial charge in [-0.25, -0.2) is 4.79 Å². The van der Waals surface area contributed by atoms with Gasteiger partial charge in [-0.05, 0) is 65.6 Å². The van der Waals surface area contributed by atoms with Crippen molar-refractivity contribution in [2.45, 2.75) is 83.3 Å². The molecule has 2 aliphatic rings. The summed E-state index contributed by atoms with van der Waals surface area (Å²) in [6.07, 6.45) is 7.83. The van der Waals surface area contributed by atoms with Crippen LogP contribution in [-0.4, -0.2) is 77.3 Å². The average Bonchev–Trinajstić information content (AvgIpc) is 2.82. The van der Waals surface area contributed by atoms with Crippen LogP contribution in [-0.2, 0) is 4.79 Å². The van der Waals surface area contributed by atoms with Gasteiger partial charge in [0, 0.05) is 24.2 Å². The number of nitrogens with one attached hydrogen (secondary N) is 2. The van der Waals surface area contributed by atoms with Crippen molar-refractivity contribution in [1.29, 1.82) is 0 Å². The van der Waals surface area contributed by atoms with Gasteiger partial charge in [0.05, 0.1) is 6.54 Å². The smallest absolute Gasteiger partial charge is 0.317 e. The number of carbonyl (C=O) groups excluding carboxylic acids is 1. The number of carboxylic acids is 1. The van der Waals surface area contributed by atoms with E-state index in [0.717, 1.165) is 32.4 Å². The number of likely N-dealkylation sites (tertiary alicyclic amines) is 1. The van der Waals surface area contributed by atoms with Crippen molar-refractivity contribution in [3.8, 4) is 0 Å². The van der Waals surface area contributed by atoms with Crippen LogP contribution in [0.3, 0.4) is 0 Å². The third kappa shape index (κ3) is 7.66. The van der Waals surface area contributed by atoms with Crippen LogP contribution in [0.5, 0.6) is 0 Å². The first-order valence-electron chi connectivity index (χ1n) is 10.6. The zero-order valence-corrected chi connectivity index (χ0v) is 17.3. The number of likely N-dealkylation sites (N-methyl/N-ethyl adjacent to an activating group) is 1. The van der Waals surface area contributed by atoms with E-state index < -0.39 is 5.97 Å². The quantitative estimate of drug-likeness (QED) is 0.570. The summed E-state index contributed by atoms with van der Waals surface area (Å²) >= 11 is 0. The highest BCUT2D eigenvalue weighted by atomic mass is 16.4. The van der Waals surface area contributed by atoms with Crippen molar-refractivity contribution in [3.05, 3.63) is 0 Å². The van der Waals surface area contributed by atoms with Gasteiger partial charge in [-0.15, -0.1) is 0 Å². The molecule has 1 saturated heterocycles. The second-order valence-electron chi connectivity index (χ2n) is 8.77. The molecule has 0 bridgehead atoms. The Bertz CT molecular complexity index is 484. The molecule has 0 unspecified atom stereocenters. The molecular formula is C20H38N4O3. The molecule has 0 radical (unpaired) electrons. The molecule has 0 aromatic heterocycles. The van der Waals surface area contributed by atoms with Crippen LogP contribution in [0.15, 0.2) is 0 Å². The predicted octanol–water partition coefficient (Wildman–Crippen LogP) is 2.27. The third-order valence-corrected chi connectivity index (χ3v) is 5.91. The summed E-state index contributed by atoms with van der Waals surface area (Å²) in [5.74, 6) is -0.794. The zero-order chi connectivity index (χ0) is 19.9. The maximum Gasteiger partial charge on any atom is 0.317 e. The van der Waals surface area contributed by atoms with Gasteiger partial charge in [-0.2, -0.15) is 0 Å². The lowest BCUT2D eigenvalue weighted by Gasteiger charge is -2.42. The Morgan fingerprint density at radius 2 is 1.78 bits per heavy atom. The lowest BCUT2D eigenvalue weighted by Crippen LogP contribution is -2.58. The fraction of sp³-hybridized carbons (Fsp3) is 0.900.